The third-order valence-electron chi connectivity index (χ3n) is 0.447. The molecule has 0 rings (SSSR count). The summed E-state index contributed by atoms with van der Waals surface area (Å²) in [6, 6.07) is 0. The zero-order valence-electron chi connectivity index (χ0n) is 3.70. The van der Waals surface area contributed by atoms with Gasteiger partial charge in [0.05, 0.1) is 0 Å². The van der Waals surface area contributed by atoms with E-state index in [2.05, 4.69) is 0 Å². The molecule has 0 aliphatic heterocycles. The number of carbonyl (C=O) groups excluding carboxylic acids is 1. The molecule has 44 valence electrons. The lowest BCUT2D eigenvalue weighted by Crippen LogP contribution is -1.79. The van der Waals surface area contributed by atoms with Crippen molar-refractivity contribution in [3.05, 3.63) is 0 Å². The molecule has 0 unspecified atom stereocenters. The number of halogens is 1. The molecule has 0 aliphatic carbocycles. The third kappa shape index (κ3) is 10.7. The summed E-state index contributed by atoms with van der Waals surface area (Å²) in [6.07, 6.45) is 1.35. The fourth-order valence-corrected chi connectivity index (χ4v) is 0.386. The summed E-state index contributed by atoms with van der Waals surface area (Å²) in [5.41, 5.74) is 0. The highest BCUT2D eigenvalue weighted by Crippen LogP contribution is 1.90. The van der Waals surface area contributed by atoms with E-state index in [-0.39, 0.29) is 16.2 Å². The van der Waals surface area contributed by atoms with Crippen molar-refractivity contribution in [2.75, 3.05) is 0 Å². The fourth-order valence-electron chi connectivity index (χ4n) is 0.197. The van der Waals surface area contributed by atoms with Crippen LogP contribution in [0.5, 0.6) is 0 Å². The van der Waals surface area contributed by atoms with Gasteiger partial charge in [0, 0.05) is 6.42 Å². The molecule has 0 aliphatic rings. The minimum absolute atomic E-state index is 0. The van der Waals surface area contributed by atoms with Gasteiger partial charge in [-0.1, -0.05) is 6.92 Å². The molecular weight excluding hydrogens is 128 g/mol. The summed E-state index contributed by atoms with van der Waals surface area (Å²) in [5.74, 6) is 0. The van der Waals surface area contributed by atoms with Crippen LogP contribution >= 0.6 is 11.6 Å². The number of hydrogen-bond acceptors (Lipinski definition) is 1. The molecule has 0 aromatic rings. The van der Waals surface area contributed by atoms with Gasteiger partial charge in [-0.15, -0.1) is 0 Å². The SMILES string of the molecule is CCCC(=O)Cl.[SiH4]. The van der Waals surface area contributed by atoms with E-state index in [9.17, 15) is 4.79 Å². The normalized spacial score (nSPS) is 7.14. The van der Waals surface area contributed by atoms with Crippen LogP contribution in [0.2, 0.25) is 0 Å². The van der Waals surface area contributed by atoms with Gasteiger partial charge in [0.2, 0.25) is 5.24 Å². The second-order valence-electron chi connectivity index (χ2n) is 1.11. The average Bonchev–Trinajstić information content (AvgIpc) is 1.35. The Labute approximate surface area is 53.1 Å². The van der Waals surface area contributed by atoms with E-state index in [4.69, 9.17) is 11.6 Å². The average molecular weight is 139 g/mol. The molecule has 0 atom stereocenters. The van der Waals surface area contributed by atoms with E-state index in [1.807, 2.05) is 6.92 Å². The molecule has 0 saturated heterocycles. The predicted molar refractivity (Wildman–Crippen MR) is 37.1 cm³/mol. The Bertz CT molecular complexity index is 55.7. The zero-order chi connectivity index (χ0) is 4.99. The Morgan fingerprint density at radius 1 is 1.71 bits per heavy atom. The number of carbonyl (C=O) groups is 1. The van der Waals surface area contributed by atoms with Crippen LogP contribution in [-0.4, -0.2) is 16.2 Å². The van der Waals surface area contributed by atoms with Gasteiger partial charge < -0.3 is 0 Å². The van der Waals surface area contributed by atoms with Crippen molar-refractivity contribution in [3.8, 4) is 0 Å². The minimum atomic E-state index is -0.238. The molecule has 3 heteroatoms. The maximum atomic E-state index is 9.81. The largest absolute Gasteiger partial charge is 0.281 e. The first kappa shape index (κ1) is 10.2. The van der Waals surface area contributed by atoms with Crippen LogP contribution in [0.15, 0.2) is 0 Å². The van der Waals surface area contributed by atoms with Crippen molar-refractivity contribution in [1.82, 2.24) is 0 Å². The Balaban J connectivity index is 0. The van der Waals surface area contributed by atoms with Crippen LogP contribution in [-0.2, 0) is 4.79 Å². The third-order valence-corrected chi connectivity index (χ3v) is 0.636. The molecule has 0 heterocycles. The summed E-state index contributed by atoms with van der Waals surface area (Å²) in [7, 11) is 0. The minimum Gasteiger partial charge on any atom is -0.281 e. The smallest absolute Gasteiger partial charge is 0.221 e. The molecule has 0 radical (unpaired) electrons. The van der Waals surface area contributed by atoms with E-state index in [0.717, 1.165) is 6.42 Å². The number of rotatable bonds is 2. The molecule has 0 aromatic heterocycles. The van der Waals surface area contributed by atoms with Crippen molar-refractivity contribution in [2.24, 2.45) is 0 Å². The summed E-state index contributed by atoms with van der Waals surface area (Å²) >= 11 is 4.94. The van der Waals surface area contributed by atoms with E-state index in [1.54, 1.807) is 0 Å². The highest BCUT2D eigenvalue weighted by atomic mass is 35.5. The van der Waals surface area contributed by atoms with E-state index in [0.29, 0.717) is 6.42 Å². The van der Waals surface area contributed by atoms with Crippen molar-refractivity contribution < 1.29 is 4.79 Å². The van der Waals surface area contributed by atoms with Crippen molar-refractivity contribution >= 4 is 27.8 Å². The highest BCUT2D eigenvalue weighted by molar-refractivity contribution is 6.63. The standard InChI is InChI=1S/C4H7ClO.H4Si/c1-2-3-4(5)6;/h2-3H2,1H3;1H4. The molecule has 7 heavy (non-hydrogen) atoms. The quantitative estimate of drug-likeness (QED) is 0.391. The van der Waals surface area contributed by atoms with Gasteiger partial charge in [-0.3, -0.25) is 4.79 Å². The van der Waals surface area contributed by atoms with Gasteiger partial charge >= 0.3 is 0 Å². The second-order valence-corrected chi connectivity index (χ2v) is 1.53. The molecule has 1 nitrogen and oxygen atoms in total. The second kappa shape index (κ2) is 6.18. The lowest BCUT2D eigenvalue weighted by molar-refractivity contribution is -0.111. The Morgan fingerprint density at radius 2 is 2.14 bits per heavy atom. The Morgan fingerprint density at radius 3 is 2.14 bits per heavy atom. The molecule has 0 N–H and O–H groups in total. The van der Waals surface area contributed by atoms with E-state index in [1.165, 1.54) is 0 Å². The fraction of sp³-hybridized carbons (Fsp3) is 0.750. The van der Waals surface area contributed by atoms with Crippen LogP contribution in [0.1, 0.15) is 19.8 Å². The van der Waals surface area contributed by atoms with Crippen LogP contribution in [0, 0.1) is 0 Å². The first-order chi connectivity index (χ1) is 2.77. The Kier molecular flexibility index (Phi) is 9.02. The predicted octanol–water partition coefficient (Wildman–Crippen LogP) is 0.100. The van der Waals surface area contributed by atoms with Gasteiger partial charge in [0.15, 0.2) is 0 Å². The first-order valence-corrected chi connectivity index (χ1v) is 2.33. The summed E-state index contributed by atoms with van der Waals surface area (Å²) in [4.78, 5) is 9.81. The van der Waals surface area contributed by atoms with Crippen LogP contribution in [0.4, 0.5) is 0 Å². The molecule has 0 bridgehead atoms. The van der Waals surface area contributed by atoms with Gasteiger partial charge in [0.1, 0.15) is 0 Å². The van der Waals surface area contributed by atoms with E-state index < -0.39 is 0 Å². The molecule has 0 saturated carbocycles. The summed E-state index contributed by atoms with van der Waals surface area (Å²) in [5, 5.41) is -0.238. The van der Waals surface area contributed by atoms with Crippen LogP contribution in [0.25, 0.3) is 0 Å². The van der Waals surface area contributed by atoms with Crippen LogP contribution < -0.4 is 0 Å². The summed E-state index contributed by atoms with van der Waals surface area (Å²) in [6.45, 7) is 1.92. The molecule has 0 spiro atoms. The first-order valence-electron chi connectivity index (χ1n) is 1.95. The maximum absolute atomic E-state index is 9.81. The maximum Gasteiger partial charge on any atom is 0.221 e. The topological polar surface area (TPSA) is 17.1 Å². The molecule has 0 fully saturated rings. The van der Waals surface area contributed by atoms with Crippen molar-refractivity contribution in [1.29, 1.82) is 0 Å². The summed E-state index contributed by atoms with van der Waals surface area (Å²) < 4.78 is 0. The molecule has 0 aromatic carbocycles. The molecular formula is C4H11ClOSi. The van der Waals surface area contributed by atoms with Gasteiger partial charge in [-0.25, -0.2) is 0 Å². The Hall–Kier alpha value is 0.177. The van der Waals surface area contributed by atoms with Crippen LogP contribution in [0.3, 0.4) is 0 Å². The van der Waals surface area contributed by atoms with Crippen molar-refractivity contribution in [3.63, 3.8) is 0 Å². The van der Waals surface area contributed by atoms with Gasteiger partial charge in [-0.2, -0.15) is 0 Å². The van der Waals surface area contributed by atoms with Gasteiger partial charge in [0.25, 0.3) is 0 Å². The lowest BCUT2D eigenvalue weighted by atomic mass is 10.4. The number of hydrogen-bond donors (Lipinski definition) is 0. The lowest BCUT2D eigenvalue weighted by Gasteiger charge is -1.77. The zero-order valence-corrected chi connectivity index (χ0v) is 4.46. The van der Waals surface area contributed by atoms with Crippen molar-refractivity contribution in [2.45, 2.75) is 19.8 Å². The highest BCUT2D eigenvalue weighted by Gasteiger charge is 1.87. The molecule has 0 amide bonds. The van der Waals surface area contributed by atoms with E-state index >= 15 is 0 Å². The monoisotopic (exact) mass is 138 g/mol. The van der Waals surface area contributed by atoms with Gasteiger partial charge in [-0.05, 0) is 29.0 Å².